The van der Waals surface area contributed by atoms with E-state index in [4.69, 9.17) is 9.47 Å². The maximum Gasteiger partial charge on any atom is 0.164 e. The molecular weight excluding hydrogens is 218 g/mol. The van der Waals surface area contributed by atoms with E-state index in [2.05, 4.69) is 11.1 Å². The Morgan fingerprint density at radius 1 is 1.41 bits per heavy atom. The van der Waals surface area contributed by atoms with Crippen LogP contribution in [0.2, 0.25) is 0 Å². The fourth-order valence-corrected chi connectivity index (χ4v) is 2.56. The molecule has 1 fully saturated rings. The maximum atomic E-state index is 12.2. The zero-order valence-electron chi connectivity index (χ0n) is 9.59. The summed E-state index contributed by atoms with van der Waals surface area (Å²) in [5.41, 5.74) is 2.16. The summed E-state index contributed by atoms with van der Waals surface area (Å²) < 4.78 is 10.6. The zero-order chi connectivity index (χ0) is 11.7. The second-order valence-electron chi connectivity index (χ2n) is 4.48. The topological polar surface area (TPSA) is 48.4 Å². The van der Waals surface area contributed by atoms with Crippen LogP contribution in [0.15, 0.2) is 18.3 Å². The SMILES string of the molecule is O=C(CC1OCCO1)C1CCc2cccnc21. The molecule has 1 atom stereocenters. The average molecular weight is 233 g/mol. The van der Waals surface area contributed by atoms with Gasteiger partial charge in [0, 0.05) is 6.20 Å². The van der Waals surface area contributed by atoms with Gasteiger partial charge in [-0.25, -0.2) is 0 Å². The lowest BCUT2D eigenvalue weighted by molar-refractivity contribution is -0.128. The Morgan fingerprint density at radius 2 is 2.24 bits per heavy atom. The van der Waals surface area contributed by atoms with Gasteiger partial charge in [0.2, 0.25) is 0 Å². The molecule has 0 saturated carbocycles. The molecule has 0 radical (unpaired) electrons. The number of aromatic nitrogens is 1. The number of rotatable bonds is 3. The second-order valence-corrected chi connectivity index (χ2v) is 4.48. The van der Waals surface area contributed by atoms with Gasteiger partial charge in [-0.05, 0) is 24.5 Å². The van der Waals surface area contributed by atoms with Crippen molar-refractivity contribution in [3.8, 4) is 0 Å². The molecule has 3 rings (SSSR count). The number of fused-ring (bicyclic) bond motifs is 1. The molecule has 2 heterocycles. The van der Waals surface area contributed by atoms with Crippen LogP contribution in [-0.2, 0) is 20.7 Å². The number of Topliss-reactive ketones (excluding diaryl/α,β-unsaturated/α-hetero) is 1. The van der Waals surface area contributed by atoms with Gasteiger partial charge < -0.3 is 9.47 Å². The van der Waals surface area contributed by atoms with Crippen LogP contribution in [0.1, 0.15) is 30.0 Å². The van der Waals surface area contributed by atoms with E-state index in [0.29, 0.717) is 19.6 Å². The summed E-state index contributed by atoms with van der Waals surface area (Å²) in [4.78, 5) is 16.5. The quantitative estimate of drug-likeness (QED) is 0.792. The first kappa shape index (κ1) is 10.9. The first-order chi connectivity index (χ1) is 8.34. The normalized spacial score (nSPS) is 23.9. The van der Waals surface area contributed by atoms with E-state index >= 15 is 0 Å². The zero-order valence-corrected chi connectivity index (χ0v) is 9.59. The van der Waals surface area contributed by atoms with Crippen molar-refractivity contribution in [1.29, 1.82) is 0 Å². The Labute approximate surface area is 99.9 Å². The van der Waals surface area contributed by atoms with Crippen LogP contribution >= 0.6 is 0 Å². The van der Waals surface area contributed by atoms with Gasteiger partial charge >= 0.3 is 0 Å². The third kappa shape index (κ3) is 2.10. The third-order valence-corrected chi connectivity index (χ3v) is 3.41. The van der Waals surface area contributed by atoms with Crippen molar-refractivity contribution >= 4 is 5.78 Å². The Kier molecular flexibility index (Phi) is 2.91. The summed E-state index contributed by atoms with van der Waals surface area (Å²) in [6.45, 7) is 1.19. The number of aryl methyl sites for hydroxylation is 1. The Balaban J connectivity index is 1.71. The van der Waals surface area contributed by atoms with E-state index < -0.39 is 0 Å². The molecule has 0 spiro atoms. The van der Waals surface area contributed by atoms with Crippen molar-refractivity contribution in [1.82, 2.24) is 4.98 Å². The fraction of sp³-hybridized carbons (Fsp3) is 0.538. The number of ketones is 1. The average Bonchev–Trinajstić information content (AvgIpc) is 2.96. The fourth-order valence-electron chi connectivity index (χ4n) is 2.56. The standard InChI is InChI=1S/C13H15NO3/c15-11(8-12-16-6-7-17-12)10-4-3-9-2-1-5-14-13(9)10/h1-2,5,10,12H,3-4,6-8H2. The van der Waals surface area contributed by atoms with Crippen molar-refractivity contribution in [2.45, 2.75) is 31.5 Å². The van der Waals surface area contributed by atoms with Gasteiger partial charge in [-0.15, -0.1) is 0 Å². The highest BCUT2D eigenvalue weighted by Crippen LogP contribution is 2.33. The van der Waals surface area contributed by atoms with Gasteiger partial charge in [-0.1, -0.05) is 6.07 Å². The maximum absolute atomic E-state index is 12.2. The molecule has 0 N–H and O–H groups in total. The summed E-state index contributed by atoms with van der Waals surface area (Å²) in [6, 6.07) is 3.98. The van der Waals surface area contributed by atoms with Gasteiger partial charge in [-0.3, -0.25) is 9.78 Å². The Hall–Kier alpha value is -1.26. The molecule has 1 aromatic rings. The predicted molar refractivity (Wildman–Crippen MR) is 60.6 cm³/mol. The Bertz CT molecular complexity index is 426. The molecule has 17 heavy (non-hydrogen) atoms. The number of pyridine rings is 1. The van der Waals surface area contributed by atoms with E-state index in [-0.39, 0.29) is 18.0 Å². The highest BCUT2D eigenvalue weighted by Gasteiger charge is 2.32. The number of carbonyl (C=O) groups excluding carboxylic acids is 1. The van der Waals surface area contributed by atoms with Gasteiger partial charge in [0.05, 0.1) is 31.2 Å². The van der Waals surface area contributed by atoms with E-state index in [1.807, 2.05) is 6.07 Å². The number of hydrogen-bond acceptors (Lipinski definition) is 4. The summed E-state index contributed by atoms with van der Waals surface area (Å²) in [6.07, 6.45) is 3.59. The molecule has 1 aromatic heterocycles. The van der Waals surface area contributed by atoms with Crippen LogP contribution in [0.25, 0.3) is 0 Å². The first-order valence-electron chi connectivity index (χ1n) is 6.04. The molecule has 0 amide bonds. The molecule has 1 unspecified atom stereocenters. The second kappa shape index (κ2) is 4.55. The third-order valence-electron chi connectivity index (χ3n) is 3.41. The highest BCUT2D eigenvalue weighted by molar-refractivity contribution is 5.86. The molecule has 2 aliphatic rings. The van der Waals surface area contributed by atoms with Crippen molar-refractivity contribution in [3.05, 3.63) is 29.6 Å². The highest BCUT2D eigenvalue weighted by atomic mass is 16.7. The summed E-state index contributed by atoms with van der Waals surface area (Å²) in [5, 5.41) is 0. The van der Waals surface area contributed by atoms with E-state index in [9.17, 15) is 4.79 Å². The van der Waals surface area contributed by atoms with Crippen molar-refractivity contribution < 1.29 is 14.3 Å². The largest absolute Gasteiger partial charge is 0.350 e. The molecular formula is C13H15NO3. The molecule has 1 aliphatic heterocycles. The molecule has 0 bridgehead atoms. The van der Waals surface area contributed by atoms with Crippen molar-refractivity contribution in [3.63, 3.8) is 0 Å². The lowest BCUT2D eigenvalue weighted by Gasteiger charge is -2.12. The number of carbonyl (C=O) groups is 1. The van der Waals surface area contributed by atoms with Crippen LogP contribution in [-0.4, -0.2) is 30.3 Å². The van der Waals surface area contributed by atoms with Crippen molar-refractivity contribution in [2.24, 2.45) is 0 Å². The minimum absolute atomic E-state index is 0.0565. The summed E-state index contributed by atoms with van der Waals surface area (Å²) in [7, 11) is 0. The van der Waals surface area contributed by atoms with Crippen LogP contribution in [0, 0.1) is 0 Å². The van der Waals surface area contributed by atoms with E-state index in [1.54, 1.807) is 6.20 Å². The summed E-state index contributed by atoms with van der Waals surface area (Å²) in [5.74, 6) is 0.133. The lowest BCUT2D eigenvalue weighted by Crippen LogP contribution is -2.19. The van der Waals surface area contributed by atoms with Gasteiger partial charge in [0.25, 0.3) is 0 Å². The molecule has 90 valence electrons. The monoisotopic (exact) mass is 233 g/mol. The van der Waals surface area contributed by atoms with Gasteiger partial charge in [0.15, 0.2) is 6.29 Å². The number of nitrogens with zero attached hydrogens (tertiary/aromatic N) is 1. The minimum atomic E-state index is -0.338. The predicted octanol–water partition coefficient (Wildman–Crippen LogP) is 1.44. The van der Waals surface area contributed by atoms with E-state index in [0.717, 1.165) is 18.5 Å². The van der Waals surface area contributed by atoms with Crippen LogP contribution < -0.4 is 0 Å². The molecule has 1 saturated heterocycles. The molecule has 0 aromatic carbocycles. The summed E-state index contributed by atoms with van der Waals surface area (Å²) >= 11 is 0. The van der Waals surface area contributed by atoms with Gasteiger partial charge in [0.1, 0.15) is 5.78 Å². The van der Waals surface area contributed by atoms with Crippen molar-refractivity contribution in [2.75, 3.05) is 13.2 Å². The lowest BCUT2D eigenvalue weighted by atomic mass is 9.98. The van der Waals surface area contributed by atoms with E-state index in [1.165, 1.54) is 5.56 Å². The first-order valence-corrected chi connectivity index (χ1v) is 6.04. The number of ether oxygens (including phenoxy) is 2. The van der Waals surface area contributed by atoms with Gasteiger partial charge in [-0.2, -0.15) is 0 Å². The molecule has 4 heteroatoms. The smallest absolute Gasteiger partial charge is 0.164 e. The molecule has 1 aliphatic carbocycles. The number of hydrogen-bond donors (Lipinski definition) is 0. The van der Waals surface area contributed by atoms with Crippen LogP contribution in [0.3, 0.4) is 0 Å². The van der Waals surface area contributed by atoms with Crippen LogP contribution in [0.5, 0.6) is 0 Å². The van der Waals surface area contributed by atoms with Crippen LogP contribution in [0.4, 0.5) is 0 Å². The molecule has 4 nitrogen and oxygen atoms in total. The Morgan fingerprint density at radius 3 is 3.06 bits per heavy atom. The minimum Gasteiger partial charge on any atom is -0.350 e.